The molecule has 1 rings (SSSR count). The van der Waals surface area contributed by atoms with Gasteiger partial charge in [0, 0.05) is 6.42 Å². The molecule has 0 unspecified atom stereocenters. The summed E-state index contributed by atoms with van der Waals surface area (Å²) in [7, 11) is -4.30. The van der Waals surface area contributed by atoms with Gasteiger partial charge in [-0.05, 0) is 24.1 Å². The number of Topliss-reactive ketones (excluding diaryl/α,β-unsaturated/α-hetero) is 1. The van der Waals surface area contributed by atoms with E-state index < -0.39 is 19.5 Å². The zero-order chi connectivity index (χ0) is 12.3. The lowest BCUT2D eigenvalue weighted by molar-refractivity contribution is -0.116. The summed E-state index contributed by atoms with van der Waals surface area (Å²) in [5, 5.41) is 0. The highest BCUT2D eigenvalue weighted by molar-refractivity contribution is 7.52. The van der Waals surface area contributed by atoms with Crippen LogP contribution >= 0.6 is 7.60 Å². The van der Waals surface area contributed by atoms with E-state index in [0.717, 1.165) is 0 Å². The number of hydrogen-bond acceptors (Lipinski definition) is 2. The molecule has 0 radical (unpaired) electrons. The van der Waals surface area contributed by atoms with Crippen molar-refractivity contribution in [1.29, 1.82) is 0 Å². The van der Waals surface area contributed by atoms with Crippen LogP contribution in [0, 0.1) is 12.7 Å². The fourth-order valence-electron chi connectivity index (χ4n) is 1.33. The number of carbonyl (C=O) groups is 1. The summed E-state index contributed by atoms with van der Waals surface area (Å²) >= 11 is 0. The molecule has 6 heteroatoms. The summed E-state index contributed by atoms with van der Waals surface area (Å²) in [6, 6.07) is 4.16. The van der Waals surface area contributed by atoms with Gasteiger partial charge in [0.25, 0.3) is 0 Å². The molecule has 0 amide bonds. The third-order valence-corrected chi connectivity index (χ3v) is 2.77. The predicted molar refractivity (Wildman–Crippen MR) is 56.8 cm³/mol. The fraction of sp³-hybridized carbons (Fsp3) is 0.300. The van der Waals surface area contributed by atoms with Gasteiger partial charge in [-0.3, -0.25) is 9.36 Å². The van der Waals surface area contributed by atoms with Crippen LogP contribution < -0.4 is 0 Å². The topological polar surface area (TPSA) is 74.6 Å². The molecular formula is C10H12FO4P. The van der Waals surface area contributed by atoms with Crippen LogP contribution in [0.15, 0.2) is 18.2 Å². The van der Waals surface area contributed by atoms with Crippen LogP contribution in [0.3, 0.4) is 0 Å². The molecule has 0 saturated heterocycles. The minimum atomic E-state index is -4.30. The Morgan fingerprint density at radius 1 is 1.44 bits per heavy atom. The quantitative estimate of drug-likeness (QED) is 0.788. The van der Waals surface area contributed by atoms with Gasteiger partial charge < -0.3 is 9.79 Å². The van der Waals surface area contributed by atoms with E-state index in [0.29, 0.717) is 11.1 Å². The van der Waals surface area contributed by atoms with Gasteiger partial charge >= 0.3 is 7.60 Å². The first kappa shape index (κ1) is 13.0. The molecule has 88 valence electrons. The molecule has 0 saturated carbocycles. The van der Waals surface area contributed by atoms with Crippen LogP contribution in [-0.2, 0) is 15.8 Å². The number of ketones is 1. The fourth-order valence-corrected chi connectivity index (χ4v) is 1.90. The monoisotopic (exact) mass is 246 g/mol. The van der Waals surface area contributed by atoms with E-state index >= 15 is 0 Å². The summed E-state index contributed by atoms with van der Waals surface area (Å²) in [5.74, 6) is -0.925. The van der Waals surface area contributed by atoms with Gasteiger partial charge in [0.2, 0.25) is 0 Å². The van der Waals surface area contributed by atoms with Gasteiger partial charge in [0.1, 0.15) is 17.8 Å². The van der Waals surface area contributed by atoms with Crippen molar-refractivity contribution >= 4 is 13.4 Å². The van der Waals surface area contributed by atoms with E-state index in [1.54, 1.807) is 6.92 Å². The molecule has 0 spiro atoms. The molecule has 1 aromatic carbocycles. The van der Waals surface area contributed by atoms with Crippen molar-refractivity contribution in [1.82, 2.24) is 0 Å². The molecule has 4 nitrogen and oxygen atoms in total. The normalized spacial score (nSPS) is 11.5. The van der Waals surface area contributed by atoms with Crippen LogP contribution in [0.5, 0.6) is 0 Å². The molecule has 0 heterocycles. The molecular weight excluding hydrogens is 234 g/mol. The number of rotatable bonds is 4. The Morgan fingerprint density at radius 2 is 2.06 bits per heavy atom. The largest absolute Gasteiger partial charge is 0.332 e. The minimum absolute atomic E-state index is 0.0910. The number of halogens is 1. The van der Waals surface area contributed by atoms with Gasteiger partial charge in [-0.15, -0.1) is 0 Å². The van der Waals surface area contributed by atoms with Crippen molar-refractivity contribution in [2.45, 2.75) is 13.3 Å². The van der Waals surface area contributed by atoms with Crippen LogP contribution in [0.2, 0.25) is 0 Å². The molecule has 0 aliphatic carbocycles. The van der Waals surface area contributed by atoms with Crippen molar-refractivity contribution in [3.63, 3.8) is 0 Å². The first-order valence-corrected chi connectivity index (χ1v) is 6.39. The summed E-state index contributed by atoms with van der Waals surface area (Å²) in [6.45, 7) is 1.56. The highest BCUT2D eigenvalue weighted by Crippen LogP contribution is 2.34. The van der Waals surface area contributed by atoms with Crippen LogP contribution in [0.25, 0.3) is 0 Å². The highest BCUT2D eigenvalue weighted by atomic mass is 31.2. The lowest BCUT2D eigenvalue weighted by atomic mass is 10.1. The number of benzene rings is 1. The second-order valence-corrected chi connectivity index (χ2v) is 5.27. The second kappa shape index (κ2) is 4.87. The maximum Gasteiger partial charge on any atom is 0.332 e. The SMILES string of the molecule is Cc1cc(CC(=O)CP(=O)(O)O)ccc1F. The standard InChI is InChI=1S/C10H12FO4P/c1-7-4-8(2-3-10(7)11)5-9(12)6-16(13,14)15/h2-4H,5-6H2,1H3,(H2,13,14,15). The van der Waals surface area contributed by atoms with E-state index in [1.165, 1.54) is 18.2 Å². The zero-order valence-corrected chi connectivity index (χ0v) is 9.58. The maximum atomic E-state index is 12.9. The Bertz CT molecular complexity index is 452. The molecule has 0 aliphatic rings. The van der Waals surface area contributed by atoms with Crippen LogP contribution in [-0.4, -0.2) is 21.7 Å². The summed E-state index contributed by atoms with van der Waals surface area (Å²) in [4.78, 5) is 28.4. The Morgan fingerprint density at radius 3 is 2.56 bits per heavy atom. The van der Waals surface area contributed by atoms with Gasteiger partial charge in [-0.1, -0.05) is 12.1 Å². The van der Waals surface area contributed by atoms with Crippen molar-refractivity contribution in [3.05, 3.63) is 35.1 Å². The van der Waals surface area contributed by atoms with E-state index in [-0.39, 0.29) is 12.2 Å². The molecule has 0 bridgehead atoms. The first-order valence-electron chi connectivity index (χ1n) is 4.59. The Balaban J connectivity index is 2.70. The summed E-state index contributed by atoms with van der Waals surface area (Å²) in [6.07, 6.45) is -0.865. The predicted octanol–water partition coefficient (Wildman–Crippen LogP) is 1.42. The smallest absolute Gasteiger partial charge is 0.324 e. The van der Waals surface area contributed by atoms with Gasteiger partial charge in [0.15, 0.2) is 0 Å². The van der Waals surface area contributed by atoms with Gasteiger partial charge in [-0.2, -0.15) is 0 Å². The van der Waals surface area contributed by atoms with E-state index in [4.69, 9.17) is 9.79 Å². The van der Waals surface area contributed by atoms with Gasteiger partial charge in [0.05, 0.1) is 0 Å². The summed E-state index contributed by atoms with van der Waals surface area (Å²) in [5.41, 5.74) is 0.957. The molecule has 16 heavy (non-hydrogen) atoms. The minimum Gasteiger partial charge on any atom is -0.324 e. The van der Waals surface area contributed by atoms with E-state index in [1.807, 2.05) is 0 Å². The molecule has 0 aromatic heterocycles. The van der Waals surface area contributed by atoms with Crippen LogP contribution in [0.4, 0.5) is 4.39 Å². The second-order valence-electron chi connectivity index (χ2n) is 3.62. The lowest BCUT2D eigenvalue weighted by Gasteiger charge is -2.04. The Kier molecular flexibility index (Phi) is 3.97. The van der Waals surface area contributed by atoms with Crippen molar-refractivity contribution in [2.24, 2.45) is 0 Å². The first-order chi connectivity index (χ1) is 7.28. The van der Waals surface area contributed by atoms with Crippen molar-refractivity contribution in [2.75, 3.05) is 6.16 Å². The molecule has 2 N–H and O–H groups in total. The Labute approximate surface area is 92.3 Å². The third kappa shape index (κ3) is 4.23. The third-order valence-electron chi connectivity index (χ3n) is 2.01. The van der Waals surface area contributed by atoms with Crippen molar-refractivity contribution in [3.8, 4) is 0 Å². The van der Waals surface area contributed by atoms with Crippen LogP contribution in [0.1, 0.15) is 11.1 Å². The number of hydrogen-bond donors (Lipinski definition) is 2. The van der Waals surface area contributed by atoms with E-state index in [9.17, 15) is 13.8 Å². The van der Waals surface area contributed by atoms with E-state index in [2.05, 4.69) is 0 Å². The molecule has 0 fully saturated rings. The van der Waals surface area contributed by atoms with Gasteiger partial charge in [-0.25, -0.2) is 4.39 Å². The lowest BCUT2D eigenvalue weighted by Crippen LogP contribution is -2.08. The zero-order valence-electron chi connectivity index (χ0n) is 8.68. The average Bonchev–Trinajstić information content (AvgIpc) is 2.08. The highest BCUT2D eigenvalue weighted by Gasteiger charge is 2.19. The number of carbonyl (C=O) groups excluding carboxylic acids is 1. The summed E-state index contributed by atoms with van der Waals surface area (Å²) < 4.78 is 23.5. The Hall–Kier alpha value is -1.03. The van der Waals surface area contributed by atoms with Crippen molar-refractivity contribution < 1.29 is 23.5 Å². The average molecular weight is 246 g/mol. The number of aryl methyl sites for hydroxylation is 1. The maximum absolute atomic E-state index is 12.9. The molecule has 1 aromatic rings. The molecule has 0 aliphatic heterocycles. The molecule has 0 atom stereocenters.